The number of benzene rings is 2. The van der Waals surface area contributed by atoms with Crippen LogP contribution >= 0.6 is 0 Å². The van der Waals surface area contributed by atoms with E-state index in [0.717, 1.165) is 6.92 Å². The maximum atomic E-state index is 14.1. The summed E-state index contributed by atoms with van der Waals surface area (Å²) in [5.74, 6) is -8.41. The van der Waals surface area contributed by atoms with Crippen molar-refractivity contribution in [1.82, 2.24) is 31.9 Å². The van der Waals surface area contributed by atoms with Crippen LogP contribution in [0.15, 0.2) is 54.6 Å². The number of primary amides is 1. The summed E-state index contributed by atoms with van der Waals surface area (Å²) in [6.07, 6.45) is -2.80. The standard InChI is InChI=1S/C42H63N9O12/c1-22(2)33(49-36(56)28(44)12-8-9-19-43)39(59)47-31(21-26-13-15-27(54)16-14-26)38(58)51-35(24(4)53)41(61)48-30(20-25-10-6-5-7-11-25)37(57)50-34(23(3)52)40(60)46-29(42(62)63)17-18-32(45)55/h5-7,10-11,13-16,22-24,28-31,33-35,52-54H,8-9,12,17-21,43-44H2,1-4H3,(H2,45,55)(H,46,60)(H,47,59)(H,48,61)(H,49,56)(H,50,57)(H,51,58)(H,62,63)/t23-,24-,28+,29+,30+,31+,33+,34+,35+/m1/s1. The Hall–Kier alpha value is -6.16. The lowest BCUT2D eigenvalue weighted by Crippen LogP contribution is -2.63. The number of aliphatic hydroxyl groups is 2. The summed E-state index contributed by atoms with van der Waals surface area (Å²) < 4.78 is 0. The third-order valence-electron chi connectivity index (χ3n) is 9.90. The van der Waals surface area contributed by atoms with E-state index in [2.05, 4.69) is 31.9 Å². The molecule has 63 heavy (non-hydrogen) atoms. The Balaban J connectivity index is 2.41. The zero-order valence-corrected chi connectivity index (χ0v) is 35.9. The summed E-state index contributed by atoms with van der Waals surface area (Å²) in [5.41, 5.74) is 17.7. The molecule has 0 aliphatic heterocycles. The molecule has 0 saturated heterocycles. The van der Waals surface area contributed by atoms with Gasteiger partial charge < -0.3 is 69.5 Å². The van der Waals surface area contributed by atoms with E-state index < -0.39 is 108 Å². The Kier molecular flexibility index (Phi) is 22.2. The summed E-state index contributed by atoms with van der Waals surface area (Å²) in [7, 11) is 0. The van der Waals surface area contributed by atoms with Crippen molar-refractivity contribution in [3.05, 3.63) is 65.7 Å². The van der Waals surface area contributed by atoms with E-state index in [1.54, 1.807) is 44.2 Å². The van der Waals surface area contributed by atoms with Crippen LogP contribution in [0.1, 0.15) is 70.9 Å². The van der Waals surface area contributed by atoms with Gasteiger partial charge in [0.15, 0.2) is 0 Å². The van der Waals surface area contributed by atoms with E-state index in [-0.39, 0.29) is 31.4 Å². The van der Waals surface area contributed by atoms with Crippen LogP contribution in [0.3, 0.4) is 0 Å². The molecule has 0 bridgehead atoms. The van der Waals surface area contributed by atoms with E-state index in [0.29, 0.717) is 36.9 Å². The van der Waals surface area contributed by atoms with Crippen molar-refractivity contribution in [3.8, 4) is 5.75 Å². The third kappa shape index (κ3) is 18.4. The average Bonchev–Trinajstić information content (AvgIpc) is 3.22. The van der Waals surface area contributed by atoms with Crippen molar-refractivity contribution in [3.63, 3.8) is 0 Å². The van der Waals surface area contributed by atoms with Gasteiger partial charge in [-0.05, 0) is 68.8 Å². The number of carboxylic acid groups (broad SMARTS) is 1. The number of rotatable bonds is 27. The summed E-state index contributed by atoms with van der Waals surface area (Å²) in [4.78, 5) is 105. The van der Waals surface area contributed by atoms with Crippen molar-refractivity contribution in [2.24, 2.45) is 23.1 Å². The van der Waals surface area contributed by atoms with Crippen LogP contribution in [0, 0.1) is 5.92 Å². The number of carbonyl (C=O) groups excluding carboxylic acids is 7. The number of hydrogen-bond acceptors (Lipinski definition) is 13. The number of aliphatic hydroxyl groups excluding tert-OH is 2. The Bertz CT molecular complexity index is 1850. The molecule has 0 aliphatic carbocycles. The first kappa shape index (κ1) is 53.0. The predicted molar refractivity (Wildman–Crippen MR) is 229 cm³/mol. The number of nitrogens with one attached hydrogen (secondary N) is 6. The van der Waals surface area contributed by atoms with Crippen molar-refractivity contribution in [2.75, 3.05) is 6.54 Å². The maximum absolute atomic E-state index is 14.1. The molecule has 9 atom stereocenters. The number of carbonyl (C=O) groups is 8. The van der Waals surface area contributed by atoms with Crippen LogP contribution in [0.4, 0.5) is 0 Å². The molecule has 0 unspecified atom stereocenters. The monoisotopic (exact) mass is 885 g/mol. The molecule has 0 radical (unpaired) electrons. The summed E-state index contributed by atoms with van der Waals surface area (Å²) >= 11 is 0. The molecular weight excluding hydrogens is 823 g/mol. The molecule has 16 N–H and O–H groups in total. The number of aromatic hydroxyl groups is 1. The Morgan fingerprint density at radius 3 is 1.44 bits per heavy atom. The zero-order valence-electron chi connectivity index (χ0n) is 35.9. The quantitative estimate of drug-likeness (QED) is 0.0407. The largest absolute Gasteiger partial charge is 0.508 e. The van der Waals surface area contributed by atoms with Crippen LogP contribution in [0.5, 0.6) is 5.75 Å². The zero-order chi connectivity index (χ0) is 47.4. The lowest BCUT2D eigenvalue weighted by Gasteiger charge is -2.29. The van der Waals surface area contributed by atoms with Gasteiger partial charge in [-0.1, -0.05) is 62.7 Å². The molecule has 7 amide bonds. The minimum atomic E-state index is -1.76. The highest BCUT2D eigenvalue weighted by Gasteiger charge is 2.36. The lowest BCUT2D eigenvalue weighted by molar-refractivity contribution is -0.143. The minimum absolute atomic E-state index is 0.0702. The topological polar surface area (TPSA) is 368 Å². The number of nitrogens with two attached hydrogens (primary N) is 3. The second-order valence-corrected chi connectivity index (χ2v) is 15.7. The van der Waals surface area contributed by atoms with Gasteiger partial charge in [-0.2, -0.15) is 0 Å². The number of amides is 7. The van der Waals surface area contributed by atoms with Crippen LogP contribution in [0.25, 0.3) is 0 Å². The molecule has 2 aromatic rings. The Morgan fingerprint density at radius 2 is 1.02 bits per heavy atom. The van der Waals surface area contributed by atoms with E-state index >= 15 is 0 Å². The van der Waals surface area contributed by atoms with Gasteiger partial charge in [-0.25, -0.2) is 4.79 Å². The summed E-state index contributed by atoms with van der Waals surface area (Å²) in [5, 5.41) is 55.4. The minimum Gasteiger partial charge on any atom is -0.508 e. The fourth-order valence-corrected chi connectivity index (χ4v) is 6.22. The van der Waals surface area contributed by atoms with Gasteiger partial charge in [0.25, 0.3) is 0 Å². The molecule has 21 heteroatoms. The highest BCUT2D eigenvalue weighted by Crippen LogP contribution is 2.14. The number of unbranched alkanes of at least 4 members (excludes halogenated alkanes) is 1. The molecule has 2 rings (SSSR count). The van der Waals surface area contributed by atoms with Crippen LogP contribution < -0.4 is 49.1 Å². The van der Waals surface area contributed by atoms with Crippen molar-refractivity contribution < 1.29 is 58.8 Å². The summed E-state index contributed by atoms with van der Waals surface area (Å²) in [6, 6.07) is 3.84. The Morgan fingerprint density at radius 1 is 0.571 bits per heavy atom. The van der Waals surface area contributed by atoms with Crippen molar-refractivity contribution in [2.45, 2.75) is 127 Å². The number of phenols is 1. The second kappa shape index (κ2) is 26.3. The van der Waals surface area contributed by atoms with Crippen LogP contribution in [-0.2, 0) is 51.2 Å². The molecule has 0 spiro atoms. The molecular formula is C42H63N9O12. The Labute approximate surface area is 365 Å². The third-order valence-corrected chi connectivity index (χ3v) is 9.90. The van der Waals surface area contributed by atoms with Gasteiger partial charge in [0, 0.05) is 19.3 Å². The van der Waals surface area contributed by atoms with Crippen LogP contribution in [0.2, 0.25) is 0 Å². The van der Waals surface area contributed by atoms with Gasteiger partial charge in [0.1, 0.15) is 42.0 Å². The molecule has 21 nitrogen and oxygen atoms in total. The number of hydrogen-bond donors (Lipinski definition) is 13. The molecule has 0 heterocycles. The normalized spacial score (nSPS) is 15.4. The molecule has 0 fully saturated rings. The van der Waals surface area contributed by atoms with Gasteiger partial charge in [0.05, 0.1) is 18.2 Å². The molecule has 0 aliphatic rings. The molecule has 348 valence electrons. The van der Waals surface area contributed by atoms with Gasteiger partial charge in [0.2, 0.25) is 41.4 Å². The molecule has 2 aromatic carbocycles. The number of aliphatic carboxylic acids is 1. The number of phenolic OH excluding ortho intramolecular Hbond substituents is 1. The highest BCUT2D eigenvalue weighted by molar-refractivity contribution is 5.97. The number of carboxylic acids is 1. The van der Waals surface area contributed by atoms with Gasteiger partial charge >= 0.3 is 5.97 Å². The second-order valence-electron chi connectivity index (χ2n) is 15.7. The highest BCUT2D eigenvalue weighted by atomic mass is 16.4. The molecule has 0 aromatic heterocycles. The maximum Gasteiger partial charge on any atom is 0.326 e. The smallest absolute Gasteiger partial charge is 0.326 e. The first-order valence-corrected chi connectivity index (χ1v) is 20.6. The van der Waals surface area contributed by atoms with Gasteiger partial charge in [-0.3, -0.25) is 33.6 Å². The van der Waals surface area contributed by atoms with Gasteiger partial charge in [-0.15, -0.1) is 0 Å². The van der Waals surface area contributed by atoms with Crippen molar-refractivity contribution in [1.29, 1.82) is 0 Å². The van der Waals surface area contributed by atoms with E-state index in [9.17, 15) is 58.8 Å². The fraction of sp³-hybridized carbons (Fsp3) is 0.524. The van der Waals surface area contributed by atoms with E-state index in [4.69, 9.17) is 17.2 Å². The predicted octanol–water partition coefficient (Wildman–Crippen LogP) is -2.69. The first-order valence-electron chi connectivity index (χ1n) is 20.6. The SMILES string of the molecule is CC(C)[C@H](NC(=O)[C@@H](N)CCCCN)C(=O)N[C@@H](Cc1ccc(O)cc1)C(=O)N[C@H](C(=O)N[C@@H](Cc1ccccc1)C(=O)N[C@H](C(=O)N[C@@H](CCC(N)=O)C(=O)O)[C@@H](C)O)[C@@H](C)O. The fourth-order valence-electron chi connectivity index (χ4n) is 6.22. The van der Waals surface area contributed by atoms with E-state index in [1.165, 1.54) is 31.2 Å². The summed E-state index contributed by atoms with van der Waals surface area (Å²) in [6.45, 7) is 6.10. The lowest BCUT2D eigenvalue weighted by atomic mass is 9.99. The first-order chi connectivity index (χ1) is 29.6. The van der Waals surface area contributed by atoms with E-state index in [1.807, 2.05) is 0 Å². The molecule has 0 saturated carbocycles. The van der Waals surface area contributed by atoms with Crippen molar-refractivity contribution >= 4 is 47.3 Å². The average molecular weight is 886 g/mol. The van der Waals surface area contributed by atoms with Crippen LogP contribution in [-0.4, -0.2) is 129 Å².